The van der Waals surface area contributed by atoms with Gasteiger partial charge in [0, 0.05) is 8.95 Å². The van der Waals surface area contributed by atoms with Gasteiger partial charge in [-0.1, -0.05) is 67.1 Å². The topological polar surface area (TPSA) is 0 Å². The summed E-state index contributed by atoms with van der Waals surface area (Å²) in [6.07, 6.45) is 0. The molecular weight excluding hydrogens is 315 g/mol. The van der Waals surface area contributed by atoms with Gasteiger partial charge in [0.05, 0.1) is 0 Å². The first-order chi connectivity index (χ1) is 7.24. The highest BCUT2D eigenvalue weighted by atomic mass is 79.9. The Morgan fingerprint density at radius 2 is 0.933 bits per heavy atom. The Labute approximate surface area is 107 Å². The van der Waals surface area contributed by atoms with Crippen LogP contribution in [0.5, 0.6) is 0 Å². The normalized spacial score (nSPS) is 10.0. The van der Waals surface area contributed by atoms with Gasteiger partial charge in [-0.15, -0.1) is 0 Å². The summed E-state index contributed by atoms with van der Waals surface area (Å²) in [6, 6.07) is 16.9. The second-order valence-corrected chi connectivity index (χ2v) is 5.26. The largest absolute Gasteiger partial charge is 0.192 e. The Bertz CT molecular complexity index is 391. The van der Waals surface area contributed by atoms with E-state index >= 15 is 0 Å². The van der Waals surface area contributed by atoms with Crippen LogP contribution in [-0.4, -0.2) is 7.28 Å². The molecule has 0 heterocycles. The van der Waals surface area contributed by atoms with E-state index in [1.807, 2.05) is 0 Å². The number of hydrogen-bond donors (Lipinski definition) is 0. The van der Waals surface area contributed by atoms with Crippen molar-refractivity contribution in [2.75, 3.05) is 0 Å². The quantitative estimate of drug-likeness (QED) is 0.745. The van der Waals surface area contributed by atoms with Gasteiger partial charge in [-0.05, 0) is 24.3 Å². The molecule has 0 aromatic heterocycles. The van der Waals surface area contributed by atoms with Crippen LogP contribution in [0.4, 0.5) is 0 Å². The van der Waals surface area contributed by atoms with Crippen molar-refractivity contribution in [3.05, 3.63) is 57.5 Å². The molecule has 0 bridgehead atoms. The van der Waals surface area contributed by atoms with Crippen LogP contribution >= 0.6 is 31.9 Å². The first-order valence-corrected chi connectivity index (χ1v) is 6.31. The molecule has 0 aliphatic carbocycles. The standard InChI is InChI=1S/C12H9BBr2/c14-11-5-1-9(2-6-11)13-10-3-7-12(15)8-4-10/h1-8,13H. The van der Waals surface area contributed by atoms with Gasteiger partial charge in [0.1, 0.15) is 0 Å². The first-order valence-electron chi connectivity index (χ1n) is 4.73. The maximum absolute atomic E-state index is 3.43. The second kappa shape index (κ2) is 5.00. The molecule has 0 fully saturated rings. The monoisotopic (exact) mass is 322 g/mol. The van der Waals surface area contributed by atoms with Gasteiger partial charge in [-0.3, -0.25) is 0 Å². The SMILES string of the molecule is Brc1ccc(Bc2ccc(Br)cc2)cc1. The van der Waals surface area contributed by atoms with Gasteiger partial charge in [0.25, 0.3) is 0 Å². The van der Waals surface area contributed by atoms with Crippen LogP contribution in [0, 0.1) is 0 Å². The molecule has 2 rings (SSSR count). The maximum Gasteiger partial charge on any atom is 0.192 e. The molecular formula is C12H9BBr2. The Kier molecular flexibility index (Phi) is 3.65. The lowest BCUT2D eigenvalue weighted by Crippen LogP contribution is -2.26. The highest BCUT2D eigenvalue weighted by Gasteiger charge is 1.98. The van der Waals surface area contributed by atoms with Crippen molar-refractivity contribution in [2.24, 2.45) is 0 Å². The third kappa shape index (κ3) is 3.21. The third-order valence-corrected chi connectivity index (χ3v) is 3.29. The molecule has 2 aromatic rings. The number of hydrogen-bond acceptors (Lipinski definition) is 0. The molecule has 0 spiro atoms. The molecule has 0 saturated heterocycles. The molecule has 0 amide bonds. The van der Waals surface area contributed by atoms with Crippen LogP contribution in [0.2, 0.25) is 0 Å². The van der Waals surface area contributed by atoms with Gasteiger partial charge >= 0.3 is 0 Å². The highest BCUT2D eigenvalue weighted by Crippen LogP contribution is 2.06. The molecule has 0 N–H and O–H groups in total. The number of halogens is 2. The first kappa shape index (κ1) is 11.0. The van der Waals surface area contributed by atoms with E-state index in [4.69, 9.17) is 0 Å². The zero-order valence-electron chi connectivity index (χ0n) is 8.08. The fourth-order valence-corrected chi connectivity index (χ4v) is 1.97. The van der Waals surface area contributed by atoms with E-state index < -0.39 is 0 Å². The number of benzene rings is 2. The van der Waals surface area contributed by atoms with Crippen molar-refractivity contribution in [3.8, 4) is 0 Å². The minimum absolute atomic E-state index is 0.987. The Hall–Kier alpha value is -0.535. The van der Waals surface area contributed by atoms with Crippen molar-refractivity contribution in [2.45, 2.75) is 0 Å². The molecule has 0 radical (unpaired) electrons. The fourth-order valence-electron chi connectivity index (χ4n) is 1.44. The van der Waals surface area contributed by atoms with E-state index in [0.717, 1.165) is 16.2 Å². The summed E-state index contributed by atoms with van der Waals surface area (Å²) in [5, 5.41) is 0. The number of rotatable bonds is 2. The summed E-state index contributed by atoms with van der Waals surface area (Å²) in [4.78, 5) is 0. The summed E-state index contributed by atoms with van der Waals surface area (Å²) in [5.74, 6) is 0. The van der Waals surface area contributed by atoms with Crippen LogP contribution < -0.4 is 10.9 Å². The summed E-state index contributed by atoms with van der Waals surface area (Å²) in [5.41, 5.74) is 2.67. The van der Waals surface area contributed by atoms with Gasteiger partial charge in [-0.25, -0.2) is 0 Å². The van der Waals surface area contributed by atoms with Crippen LogP contribution in [0.15, 0.2) is 57.5 Å². The van der Waals surface area contributed by atoms with Gasteiger partial charge < -0.3 is 0 Å². The van der Waals surface area contributed by atoms with Crippen LogP contribution in [-0.2, 0) is 0 Å². The molecule has 3 heteroatoms. The van der Waals surface area contributed by atoms with E-state index in [0.29, 0.717) is 0 Å². The smallest absolute Gasteiger partial charge is 0.0785 e. The predicted octanol–water partition coefficient (Wildman–Crippen LogP) is 2.60. The lowest BCUT2D eigenvalue weighted by molar-refractivity contribution is 1.68. The molecule has 15 heavy (non-hydrogen) atoms. The lowest BCUT2D eigenvalue weighted by Gasteiger charge is -2.00. The van der Waals surface area contributed by atoms with Gasteiger partial charge in [0.15, 0.2) is 7.28 Å². The minimum Gasteiger partial charge on any atom is -0.0785 e. The van der Waals surface area contributed by atoms with E-state index in [2.05, 4.69) is 80.4 Å². The Balaban J connectivity index is 2.15. The molecule has 2 aromatic carbocycles. The molecule has 0 saturated carbocycles. The fraction of sp³-hybridized carbons (Fsp3) is 0. The second-order valence-electron chi connectivity index (χ2n) is 3.43. The minimum atomic E-state index is 0.987. The van der Waals surface area contributed by atoms with Crippen LogP contribution in [0.1, 0.15) is 0 Å². The molecule has 0 nitrogen and oxygen atoms in total. The predicted molar refractivity (Wildman–Crippen MR) is 74.7 cm³/mol. The van der Waals surface area contributed by atoms with Crippen LogP contribution in [0.25, 0.3) is 0 Å². The lowest BCUT2D eigenvalue weighted by atomic mass is 9.64. The van der Waals surface area contributed by atoms with Crippen molar-refractivity contribution < 1.29 is 0 Å². The summed E-state index contributed by atoms with van der Waals surface area (Å²) in [7, 11) is 0.987. The van der Waals surface area contributed by atoms with Gasteiger partial charge in [0.2, 0.25) is 0 Å². The highest BCUT2D eigenvalue weighted by molar-refractivity contribution is 9.10. The molecule has 0 unspecified atom stereocenters. The average Bonchev–Trinajstić information content (AvgIpc) is 2.25. The summed E-state index contributed by atoms with van der Waals surface area (Å²) in [6.45, 7) is 0. The summed E-state index contributed by atoms with van der Waals surface area (Å²) >= 11 is 6.87. The molecule has 0 aliphatic heterocycles. The van der Waals surface area contributed by atoms with Crippen molar-refractivity contribution in [1.29, 1.82) is 0 Å². The summed E-state index contributed by atoms with van der Waals surface area (Å²) < 4.78 is 2.25. The van der Waals surface area contributed by atoms with E-state index in [1.165, 1.54) is 10.9 Å². The Morgan fingerprint density at radius 3 is 1.27 bits per heavy atom. The van der Waals surface area contributed by atoms with Gasteiger partial charge in [-0.2, -0.15) is 0 Å². The average molecular weight is 324 g/mol. The van der Waals surface area contributed by atoms with Crippen LogP contribution in [0.3, 0.4) is 0 Å². The van der Waals surface area contributed by atoms with Crippen molar-refractivity contribution in [1.82, 2.24) is 0 Å². The molecule has 0 atom stereocenters. The zero-order chi connectivity index (χ0) is 10.7. The van der Waals surface area contributed by atoms with Crippen molar-refractivity contribution >= 4 is 50.1 Å². The third-order valence-electron chi connectivity index (χ3n) is 2.23. The maximum atomic E-state index is 3.43. The Morgan fingerprint density at radius 1 is 0.600 bits per heavy atom. The van der Waals surface area contributed by atoms with E-state index in [9.17, 15) is 0 Å². The van der Waals surface area contributed by atoms with Crippen molar-refractivity contribution in [3.63, 3.8) is 0 Å². The molecule has 0 aliphatic rings. The zero-order valence-corrected chi connectivity index (χ0v) is 11.3. The van der Waals surface area contributed by atoms with E-state index in [1.54, 1.807) is 0 Å². The van der Waals surface area contributed by atoms with E-state index in [-0.39, 0.29) is 0 Å². The molecule has 74 valence electrons.